The third-order valence-corrected chi connectivity index (χ3v) is 3.47. The lowest BCUT2D eigenvalue weighted by Gasteiger charge is -2.12. The first-order valence-corrected chi connectivity index (χ1v) is 6.83. The monoisotopic (exact) mass is 261 g/mol. The predicted molar refractivity (Wildman–Crippen MR) is 76.0 cm³/mol. The molecule has 2 aromatic heterocycles. The normalized spacial score (nSPS) is 12.9. The quantitative estimate of drug-likeness (QED) is 0.899. The van der Waals surface area contributed by atoms with Gasteiger partial charge in [0.15, 0.2) is 0 Å². The molecule has 1 unspecified atom stereocenters. The molecule has 0 aromatic carbocycles. The van der Waals surface area contributed by atoms with E-state index in [0.29, 0.717) is 0 Å². The van der Waals surface area contributed by atoms with Crippen LogP contribution in [0.3, 0.4) is 0 Å². The van der Waals surface area contributed by atoms with E-state index in [0.717, 1.165) is 24.5 Å². The topological polar surface area (TPSA) is 43.0 Å². The summed E-state index contributed by atoms with van der Waals surface area (Å²) >= 11 is 0. The van der Waals surface area contributed by atoms with Gasteiger partial charge in [0.25, 0.3) is 0 Å². The lowest BCUT2D eigenvalue weighted by Crippen LogP contribution is -2.18. The number of furan rings is 1. The Kier molecular flexibility index (Phi) is 4.10. The number of nitrogens with one attached hydrogen (secondary N) is 1. The summed E-state index contributed by atoms with van der Waals surface area (Å²) in [4.78, 5) is 0. The van der Waals surface area contributed by atoms with Gasteiger partial charge in [0.1, 0.15) is 11.5 Å². The summed E-state index contributed by atoms with van der Waals surface area (Å²) in [6, 6.07) is 2.39. The molecule has 0 aliphatic carbocycles. The number of rotatable bonds is 5. The van der Waals surface area contributed by atoms with Gasteiger partial charge >= 0.3 is 0 Å². The number of nitrogens with zero attached hydrogens (tertiary/aromatic N) is 2. The van der Waals surface area contributed by atoms with Crippen LogP contribution in [0.1, 0.15) is 48.2 Å². The molecule has 0 aliphatic rings. The van der Waals surface area contributed by atoms with Crippen molar-refractivity contribution in [3.05, 3.63) is 40.6 Å². The van der Waals surface area contributed by atoms with E-state index < -0.39 is 0 Å². The van der Waals surface area contributed by atoms with Gasteiger partial charge in [0.05, 0.1) is 5.69 Å². The number of aryl methyl sites for hydroxylation is 4. The molecule has 0 fully saturated rings. The molecule has 1 N–H and O–H groups in total. The van der Waals surface area contributed by atoms with E-state index in [1.165, 1.54) is 16.8 Å². The standard InChI is InChI=1S/C15H23N3O/c1-6-15-13(9-18(5)17-15)8-16-11(3)14-7-10(2)19-12(14)4/h7,9,11,16H,6,8H2,1-5H3. The Morgan fingerprint density at radius 3 is 2.74 bits per heavy atom. The van der Waals surface area contributed by atoms with E-state index in [1.54, 1.807) is 0 Å². The fraction of sp³-hybridized carbons (Fsp3) is 0.533. The maximum absolute atomic E-state index is 5.58. The van der Waals surface area contributed by atoms with Gasteiger partial charge < -0.3 is 9.73 Å². The highest BCUT2D eigenvalue weighted by atomic mass is 16.3. The summed E-state index contributed by atoms with van der Waals surface area (Å²) in [6.07, 6.45) is 3.06. The van der Waals surface area contributed by atoms with E-state index in [4.69, 9.17) is 4.42 Å². The van der Waals surface area contributed by atoms with Gasteiger partial charge in [-0.3, -0.25) is 4.68 Å². The van der Waals surface area contributed by atoms with E-state index in [-0.39, 0.29) is 6.04 Å². The highest BCUT2D eigenvalue weighted by Gasteiger charge is 2.13. The largest absolute Gasteiger partial charge is 0.466 e. The van der Waals surface area contributed by atoms with Gasteiger partial charge in [-0.05, 0) is 33.3 Å². The Balaban J connectivity index is 2.04. The second-order valence-electron chi connectivity index (χ2n) is 5.10. The first-order chi connectivity index (χ1) is 9.01. The van der Waals surface area contributed by atoms with Crippen molar-refractivity contribution in [2.45, 2.75) is 46.7 Å². The second-order valence-corrected chi connectivity index (χ2v) is 5.10. The van der Waals surface area contributed by atoms with Crippen molar-refractivity contribution in [3.63, 3.8) is 0 Å². The molecule has 0 aliphatic heterocycles. The van der Waals surface area contributed by atoms with E-state index >= 15 is 0 Å². The van der Waals surface area contributed by atoms with Crippen molar-refractivity contribution < 1.29 is 4.42 Å². The van der Waals surface area contributed by atoms with Gasteiger partial charge in [-0.15, -0.1) is 0 Å². The van der Waals surface area contributed by atoms with Crippen LogP contribution in [0.15, 0.2) is 16.7 Å². The molecule has 2 aromatic rings. The molecule has 0 bridgehead atoms. The third-order valence-electron chi connectivity index (χ3n) is 3.47. The number of hydrogen-bond acceptors (Lipinski definition) is 3. The highest BCUT2D eigenvalue weighted by molar-refractivity contribution is 5.24. The smallest absolute Gasteiger partial charge is 0.105 e. The van der Waals surface area contributed by atoms with Gasteiger partial charge in [0.2, 0.25) is 0 Å². The molecule has 4 nitrogen and oxygen atoms in total. The Labute approximate surface area is 114 Å². The summed E-state index contributed by atoms with van der Waals surface area (Å²) in [5.41, 5.74) is 3.68. The summed E-state index contributed by atoms with van der Waals surface area (Å²) in [5, 5.41) is 8.00. The molecular weight excluding hydrogens is 238 g/mol. The Morgan fingerprint density at radius 2 is 2.16 bits per heavy atom. The average molecular weight is 261 g/mol. The molecule has 4 heteroatoms. The Morgan fingerprint density at radius 1 is 1.42 bits per heavy atom. The molecule has 2 heterocycles. The van der Waals surface area contributed by atoms with Crippen LogP contribution in [-0.2, 0) is 20.0 Å². The highest BCUT2D eigenvalue weighted by Crippen LogP contribution is 2.21. The van der Waals surface area contributed by atoms with Crippen LogP contribution in [0.2, 0.25) is 0 Å². The maximum Gasteiger partial charge on any atom is 0.105 e. The SMILES string of the molecule is CCc1nn(C)cc1CNC(C)c1cc(C)oc1C. The molecule has 0 radical (unpaired) electrons. The van der Waals surface area contributed by atoms with Gasteiger partial charge in [0, 0.05) is 37.0 Å². The molecule has 0 spiro atoms. The summed E-state index contributed by atoms with van der Waals surface area (Å²) in [6.45, 7) is 9.14. The summed E-state index contributed by atoms with van der Waals surface area (Å²) in [7, 11) is 1.97. The first-order valence-electron chi connectivity index (χ1n) is 6.83. The first kappa shape index (κ1) is 13.9. The molecule has 2 rings (SSSR count). The van der Waals surface area contributed by atoms with Crippen molar-refractivity contribution in [1.82, 2.24) is 15.1 Å². The van der Waals surface area contributed by atoms with Gasteiger partial charge in [-0.25, -0.2) is 0 Å². The fourth-order valence-corrected chi connectivity index (χ4v) is 2.48. The third kappa shape index (κ3) is 3.07. The molecule has 0 saturated carbocycles. The van der Waals surface area contributed by atoms with Crippen LogP contribution < -0.4 is 5.32 Å². The van der Waals surface area contributed by atoms with Crippen LogP contribution in [0.25, 0.3) is 0 Å². The van der Waals surface area contributed by atoms with Crippen LogP contribution in [-0.4, -0.2) is 9.78 Å². The van der Waals surface area contributed by atoms with E-state index in [9.17, 15) is 0 Å². The molecule has 0 saturated heterocycles. The van der Waals surface area contributed by atoms with E-state index in [2.05, 4.69) is 36.5 Å². The van der Waals surface area contributed by atoms with Crippen LogP contribution in [0, 0.1) is 13.8 Å². The van der Waals surface area contributed by atoms with Crippen LogP contribution in [0.4, 0.5) is 0 Å². The number of aromatic nitrogens is 2. The predicted octanol–water partition coefficient (Wildman–Crippen LogP) is 3.04. The van der Waals surface area contributed by atoms with Crippen molar-refractivity contribution >= 4 is 0 Å². The lowest BCUT2D eigenvalue weighted by molar-refractivity contribution is 0.489. The lowest BCUT2D eigenvalue weighted by atomic mass is 10.1. The molecular formula is C15H23N3O. The van der Waals surface area contributed by atoms with Crippen molar-refractivity contribution in [2.75, 3.05) is 0 Å². The average Bonchev–Trinajstić information content (AvgIpc) is 2.88. The minimum atomic E-state index is 0.280. The van der Waals surface area contributed by atoms with Gasteiger partial charge in [-0.1, -0.05) is 6.92 Å². The number of hydrogen-bond donors (Lipinski definition) is 1. The fourth-order valence-electron chi connectivity index (χ4n) is 2.48. The molecule has 104 valence electrons. The molecule has 19 heavy (non-hydrogen) atoms. The second kappa shape index (κ2) is 5.61. The summed E-state index contributed by atoms with van der Waals surface area (Å²) < 4.78 is 7.46. The zero-order valence-corrected chi connectivity index (χ0v) is 12.4. The summed E-state index contributed by atoms with van der Waals surface area (Å²) in [5.74, 6) is 1.97. The molecule has 1 atom stereocenters. The Hall–Kier alpha value is -1.55. The Bertz CT molecular complexity index is 554. The van der Waals surface area contributed by atoms with E-state index in [1.807, 2.05) is 25.6 Å². The van der Waals surface area contributed by atoms with Crippen LogP contribution >= 0.6 is 0 Å². The molecule has 0 amide bonds. The van der Waals surface area contributed by atoms with Gasteiger partial charge in [-0.2, -0.15) is 5.10 Å². The van der Waals surface area contributed by atoms with Crippen molar-refractivity contribution in [1.29, 1.82) is 0 Å². The van der Waals surface area contributed by atoms with Crippen molar-refractivity contribution in [3.8, 4) is 0 Å². The minimum absolute atomic E-state index is 0.280. The van der Waals surface area contributed by atoms with Crippen LogP contribution in [0.5, 0.6) is 0 Å². The van der Waals surface area contributed by atoms with Crippen molar-refractivity contribution in [2.24, 2.45) is 7.05 Å². The maximum atomic E-state index is 5.58. The zero-order valence-electron chi connectivity index (χ0n) is 12.4. The minimum Gasteiger partial charge on any atom is -0.466 e. The zero-order chi connectivity index (χ0) is 14.0.